The number of benzene rings is 1. The molecule has 0 saturated heterocycles. The molecule has 0 fully saturated rings. The molecule has 1 aliphatic heterocycles. The molecule has 0 spiro atoms. The van der Waals surface area contributed by atoms with Crippen molar-refractivity contribution in [3.05, 3.63) is 29.8 Å². The topological polar surface area (TPSA) is 12.0 Å². The van der Waals surface area contributed by atoms with Gasteiger partial charge in [-0.3, -0.25) is 0 Å². The molecule has 1 aromatic carbocycles. The summed E-state index contributed by atoms with van der Waals surface area (Å²) in [5.41, 5.74) is 1.56. The third-order valence-corrected chi connectivity index (χ3v) is 5.27. The van der Waals surface area contributed by atoms with Crippen LogP contribution in [0.3, 0.4) is 0 Å². The summed E-state index contributed by atoms with van der Waals surface area (Å²) in [7, 11) is 2.12. The van der Waals surface area contributed by atoms with Crippen LogP contribution in [0.2, 0.25) is 0 Å². The summed E-state index contributed by atoms with van der Waals surface area (Å²) in [6, 6.07) is 9.53. The molecule has 94 valence electrons. The van der Waals surface area contributed by atoms with Crippen LogP contribution in [0.5, 0.6) is 0 Å². The van der Waals surface area contributed by atoms with Crippen molar-refractivity contribution in [1.29, 1.82) is 0 Å². The largest absolute Gasteiger partial charge is 0.316 e. The molecule has 0 saturated carbocycles. The molecule has 2 rings (SSSR count). The maximum absolute atomic E-state index is 3.57. The van der Waals surface area contributed by atoms with E-state index in [2.05, 4.69) is 50.5 Å². The minimum absolute atomic E-state index is 0.626. The zero-order valence-corrected chi connectivity index (χ0v) is 11.9. The molecule has 0 amide bonds. The molecule has 2 heteroatoms. The number of fused-ring (bicyclic) bond motifs is 1. The lowest BCUT2D eigenvalue weighted by Gasteiger charge is -2.30. The predicted octanol–water partition coefficient (Wildman–Crippen LogP) is 3.90. The molecule has 1 aliphatic rings. The number of nitrogens with one attached hydrogen (secondary N) is 1. The molecule has 1 nitrogen and oxygen atoms in total. The van der Waals surface area contributed by atoms with Crippen molar-refractivity contribution in [3.63, 3.8) is 0 Å². The van der Waals surface area contributed by atoms with E-state index in [1.165, 1.54) is 23.5 Å². The van der Waals surface area contributed by atoms with Crippen LogP contribution in [0, 0.1) is 5.92 Å². The van der Waals surface area contributed by atoms with Gasteiger partial charge in [0.2, 0.25) is 0 Å². The van der Waals surface area contributed by atoms with E-state index in [0.717, 1.165) is 5.92 Å². The Kier molecular flexibility index (Phi) is 4.52. The fraction of sp³-hybridized carbons (Fsp3) is 0.600. The number of likely N-dealkylation sites (N-methyl/N-ethyl adjacent to an activating group) is 1. The van der Waals surface area contributed by atoms with Gasteiger partial charge in [-0.15, -0.1) is 11.8 Å². The van der Waals surface area contributed by atoms with Crippen LogP contribution in [0.4, 0.5) is 0 Å². The monoisotopic (exact) mass is 249 g/mol. The average Bonchev–Trinajstić information content (AvgIpc) is 2.79. The molecule has 2 unspecified atom stereocenters. The third kappa shape index (κ3) is 2.53. The van der Waals surface area contributed by atoms with Gasteiger partial charge in [-0.2, -0.15) is 0 Å². The summed E-state index contributed by atoms with van der Waals surface area (Å²) < 4.78 is 0. The van der Waals surface area contributed by atoms with Crippen molar-refractivity contribution in [2.45, 2.75) is 43.5 Å². The lowest BCUT2D eigenvalue weighted by molar-refractivity contribution is 0.317. The van der Waals surface area contributed by atoms with Gasteiger partial charge in [0.25, 0.3) is 0 Å². The van der Waals surface area contributed by atoms with E-state index in [1.54, 1.807) is 5.56 Å². The normalized spacial score (nSPS) is 20.6. The van der Waals surface area contributed by atoms with Gasteiger partial charge in [0, 0.05) is 22.6 Å². The van der Waals surface area contributed by atoms with Gasteiger partial charge in [0.15, 0.2) is 0 Å². The van der Waals surface area contributed by atoms with E-state index >= 15 is 0 Å². The number of hydrogen-bond acceptors (Lipinski definition) is 2. The van der Waals surface area contributed by atoms with E-state index < -0.39 is 0 Å². The molecule has 0 aliphatic carbocycles. The molecule has 1 N–H and O–H groups in total. The minimum Gasteiger partial charge on any atom is -0.316 e. The van der Waals surface area contributed by atoms with Crippen LogP contribution >= 0.6 is 11.8 Å². The minimum atomic E-state index is 0.626. The van der Waals surface area contributed by atoms with E-state index in [-0.39, 0.29) is 0 Å². The maximum atomic E-state index is 3.57. The SMILES string of the molecule is CCC(CC)C(NC)C1CSc2ccccc21. The van der Waals surface area contributed by atoms with Crippen molar-refractivity contribution in [2.75, 3.05) is 12.8 Å². The highest BCUT2D eigenvalue weighted by Gasteiger charge is 2.32. The summed E-state index contributed by atoms with van der Waals surface area (Å²) in [4.78, 5) is 1.49. The summed E-state index contributed by atoms with van der Waals surface area (Å²) in [6.07, 6.45) is 2.54. The highest BCUT2D eigenvalue weighted by molar-refractivity contribution is 7.99. The van der Waals surface area contributed by atoms with E-state index in [4.69, 9.17) is 0 Å². The first kappa shape index (κ1) is 13.0. The molecule has 17 heavy (non-hydrogen) atoms. The van der Waals surface area contributed by atoms with Gasteiger partial charge in [-0.1, -0.05) is 44.9 Å². The maximum Gasteiger partial charge on any atom is 0.0169 e. The molecule has 0 bridgehead atoms. The molecular weight excluding hydrogens is 226 g/mol. The summed E-state index contributed by atoms with van der Waals surface area (Å²) in [6.45, 7) is 4.62. The van der Waals surface area contributed by atoms with Gasteiger partial charge in [0.1, 0.15) is 0 Å². The van der Waals surface area contributed by atoms with Crippen LogP contribution in [-0.2, 0) is 0 Å². The smallest absolute Gasteiger partial charge is 0.0169 e. The Balaban J connectivity index is 2.22. The van der Waals surface area contributed by atoms with Gasteiger partial charge >= 0.3 is 0 Å². The van der Waals surface area contributed by atoms with Crippen LogP contribution in [-0.4, -0.2) is 18.8 Å². The Morgan fingerprint density at radius 3 is 2.65 bits per heavy atom. The Hall–Kier alpha value is -0.470. The zero-order valence-electron chi connectivity index (χ0n) is 11.1. The Bertz CT molecular complexity index is 360. The Morgan fingerprint density at radius 1 is 1.29 bits per heavy atom. The van der Waals surface area contributed by atoms with E-state index in [1.807, 2.05) is 11.8 Å². The number of hydrogen-bond donors (Lipinski definition) is 1. The predicted molar refractivity (Wildman–Crippen MR) is 76.8 cm³/mol. The fourth-order valence-corrected chi connectivity index (χ4v) is 4.35. The lowest BCUT2D eigenvalue weighted by atomic mass is 9.82. The Labute approximate surface area is 109 Å². The second-order valence-corrected chi connectivity index (χ2v) is 5.91. The molecule has 0 radical (unpaired) electrons. The highest BCUT2D eigenvalue weighted by atomic mass is 32.2. The summed E-state index contributed by atoms with van der Waals surface area (Å²) >= 11 is 2.02. The first-order valence-electron chi connectivity index (χ1n) is 6.70. The van der Waals surface area contributed by atoms with Crippen molar-refractivity contribution in [1.82, 2.24) is 5.32 Å². The number of thioether (sulfide) groups is 1. The fourth-order valence-electron chi connectivity index (χ4n) is 3.05. The second-order valence-electron chi connectivity index (χ2n) is 4.85. The summed E-state index contributed by atoms with van der Waals surface area (Å²) in [5, 5.41) is 3.57. The molecular formula is C15H23NS. The van der Waals surface area contributed by atoms with Crippen LogP contribution in [0.15, 0.2) is 29.2 Å². The van der Waals surface area contributed by atoms with Crippen molar-refractivity contribution >= 4 is 11.8 Å². The van der Waals surface area contributed by atoms with Crippen molar-refractivity contribution in [2.24, 2.45) is 5.92 Å². The molecule has 2 atom stereocenters. The van der Waals surface area contributed by atoms with Crippen LogP contribution in [0.25, 0.3) is 0 Å². The van der Waals surface area contributed by atoms with Crippen molar-refractivity contribution in [3.8, 4) is 0 Å². The van der Waals surface area contributed by atoms with Crippen LogP contribution in [0.1, 0.15) is 38.2 Å². The first-order chi connectivity index (χ1) is 8.31. The van der Waals surface area contributed by atoms with Gasteiger partial charge in [0.05, 0.1) is 0 Å². The van der Waals surface area contributed by atoms with Gasteiger partial charge in [-0.25, -0.2) is 0 Å². The summed E-state index contributed by atoms with van der Waals surface area (Å²) in [5.74, 6) is 2.71. The van der Waals surface area contributed by atoms with Crippen LogP contribution < -0.4 is 5.32 Å². The van der Waals surface area contributed by atoms with Gasteiger partial charge < -0.3 is 5.32 Å². The molecule has 1 heterocycles. The lowest BCUT2D eigenvalue weighted by Crippen LogP contribution is -2.38. The van der Waals surface area contributed by atoms with E-state index in [0.29, 0.717) is 12.0 Å². The van der Waals surface area contributed by atoms with Crippen molar-refractivity contribution < 1.29 is 0 Å². The Morgan fingerprint density at radius 2 is 2.00 bits per heavy atom. The standard InChI is InChI=1S/C15H23NS/c1-4-11(5-2)15(16-3)13-10-17-14-9-7-6-8-12(13)14/h6-9,11,13,15-16H,4-5,10H2,1-3H3. The van der Waals surface area contributed by atoms with Gasteiger partial charge in [-0.05, 0) is 24.6 Å². The molecule has 0 aromatic heterocycles. The first-order valence-corrected chi connectivity index (χ1v) is 7.69. The van der Waals surface area contributed by atoms with E-state index in [9.17, 15) is 0 Å². The second kappa shape index (κ2) is 5.92. The third-order valence-electron chi connectivity index (χ3n) is 4.06. The highest BCUT2D eigenvalue weighted by Crippen LogP contribution is 2.43. The quantitative estimate of drug-likeness (QED) is 0.849. The average molecular weight is 249 g/mol. The number of rotatable bonds is 5. The molecule has 1 aromatic rings. The zero-order chi connectivity index (χ0) is 12.3.